The summed E-state index contributed by atoms with van der Waals surface area (Å²) in [6, 6.07) is 15.9. The summed E-state index contributed by atoms with van der Waals surface area (Å²) in [6.45, 7) is 1.65. The zero-order valence-electron chi connectivity index (χ0n) is 11.3. The summed E-state index contributed by atoms with van der Waals surface area (Å²) >= 11 is 11.0. The number of nitrogens with zero attached hydrogens (tertiary/aromatic N) is 1. The molecule has 20 heavy (non-hydrogen) atoms. The van der Waals surface area contributed by atoms with Gasteiger partial charge >= 0.3 is 0 Å². The third kappa shape index (κ3) is 4.04. The fourth-order valence-electron chi connectivity index (χ4n) is 2.15. The van der Waals surface area contributed by atoms with Crippen molar-refractivity contribution in [2.24, 2.45) is 5.73 Å². The Labute approximate surface area is 130 Å². The topological polar surface area (TPSA) is 29.3 Å². The van der Waals surface area contributed by atoms with Crippen molar-refractivity contribution >= 4 is 28.8 Å². The number of benzene rings is 2. The molecule has 104 valence electrons. The summed E-state index contributed by atoms with van der Waals surface area (Å²) in [5, 5.41) is 0.759. The van der Waals surface area contributed by atoms with Crippen LogP contribution in [0, 0.1) is 0 Å². The van der Waals surface area contributed by atoms with E-state index in [0.717, 1.165) is 29.2 Å². The summed E-state index contributed by atoms with van der Waals surface area (Å²) in [7, 11) is 2.07. The Bertz CT molecular complexity index is 596. The molecular formula is C16H17ClN2S. The highest BCUT2D eigenvalue weighted by Crippen LogP contribution is 2.14. The molecule has 0 aliphatic rings. The van der Waals surface area contributed by atoms with Crippen molar-refractivity contribution in [3.8, 4) is 0 Å². The average molecular weight is 305 g/mol. The molecule has 2 N–H and O–H groups in total. The summed E-state index contributed by atoms with van der Waals surface area (Å²) < 4.78 is 0. The molecule has 0 saturated heterocycles. The highest BCUT2D eigenvalue weighted by molar-refractivity contribution is 7.80. The molecule has 0 radical (unpaired) electrons. The molecule has 4 heteroatoms. The molecule has 2 aromatic carbocycles. The first-order valence-corrected chi connectivity index (χ1v) is 7.15. The molecule has 0 unspecified atom stereocenters. The standard InChI is InChI=1S/C16H17ClN2S/c1-19(10-12-6-8-14(17)9-7-12)11-13-4-2-3-5-15(13)16(18)20/h2-9H,10-11H2,1H3,(H2,18,20). The molecule has 0 aliphatic carbocycles. The summed E-state index contributed by atoms with van der Waals surface area (Å²) in [6.07, 6.45) is 0. The van der Waals surface area contributed by atoms with Gasteiger partial charge in [0, 0.05) is 23.7 Å². The Morgan fingerprint density at radius 3 is 2.40 bits per heavy atom. The molecule has 0 fully saturated rings. The molecule has 0 amide bonds. The smallest absolute Gasteiger partial charge is 0.104 e. The highest BCUT2D eigenvalue weighted by atomic mass is 35.5. The molecule has 2 aromatic rings. The Morgan fingerprint density at radius 1 is 1.10 bits per heavy atom. The number of halogens is 1. The van der Waals surface area contributed by atoms with Gasteiger partial charge in [0.2, 0.25) is 0 Å². The van der Waals surface area contributed by atoms with E-state index >= 15 is 0 Å². The van der Waals surface area contributed by atoms with Crippen LogP contribution in [0.4, 0.5) is 0 Å². The van der Waals surface area contributed by atoms with Crippen LogP contribution in [0.25, 0.3) is 0 Å². The zero-order chi connectivity index (χ0) is 14.5. The minimum absolute atomic E-state index is 0.445. The third-order valence-electron chi connectivity index (χ3n) is 3.09. The van der Waals surface area contributed by atoms with E-state index in [1.165, 1.54) is 5.56 Å². The maximum atomic E-state index is 5.89. The number of hydrogen-bond donors (Lipinski definition) is 1. The molecule has 0 bridgehead atoms. The van der Waals surface area contributed by atoms with Crippen molar-refractivity contribution < 1.29 is 0 Å². The van der Waals surface area contributed by atoms with E-state index in [2.05, 4.69) is 18.0 Å². The van der Waals surface area contributed by atoms with Crippen LogP contribution in [0.2, 0.25) is 5.02 Å². The second-order valence-electron chi connectivity index (χ2n) is 4.82. The predicted octanol–water partition coefficient (Wildman–Crippen LogP) is 3.61. The monoisotopic (exact) mass is 304 g/mol. The van der Waals surface area contributed by atoms with E-state index in [4.69, 9.17) is 29.6 Å². The van der Waals surface area contributed by atoms with Gasteiger partial charge in [-0.15, -0.1) is 0 Å². The maximum absolute atomic E-state index is 5.89. The Hall–Kier alpha value is -1.42. The van der Waals surface area contributed by atoms with Gasteiger partial charge in [0.1, 0.15) is 4.99 Å². The van der Waals surface area contributed by atoms with Crippen LogP contribution >= 0.6 is 23.8 Å². The van der Waals surface area contributed by atoms with Crippen LogP contribution < -0.4 is 5.73 Å². The van der Waals surface area contributed by atoms with Crippen LogP contribution in [0.15, 0.2) is 48.5 Å². The van der Waals surface area contributed by atoms with E-state index < -0.39 is 0 Å². The Kier molecular flexibility index (Phi) is 5.12. The van der Waals surface area contributed by atoms with Crippen LogP contribution in [0.5, 0.6) is 0 Å². The Morgan fingerprint density at radius 2 is 1.75 bits per heavy atom. The van der Waals surface area contributed by atoms with Crippen molar-refractivity contribution in [1.29, 1.82) is 0 Å². The molecule has 0 saturated carbocycles. The molecule has 0 aromatic heterocycles. The fraction of sp³-hybridized carbons (Fsp3) is 0.188. The minimum Gasteiger partial charge on any atom is -0.389 e. The molecule has 0 heterocycles. The number of nitrogens with two attached hydrogens (primary N) is 1. The maximum Gasteiger partial charge on any atom is 0.104 e. The lowest BCUT2D eigenvalue weighted by Gasteiger charge is -2.18. The second-order valence-corrected chi connectivity index (χ2v) is 5.70. The normalized spacial score (nSPS) is 10.8. The molecule has 2 nitrogen and oxygen atoms in total. The predicted molar refractivity (Wildman–Crippen MR) is 89.0 cm³/mol. The average Bonchev–Trinajstić information content (AvgIpc) is 2.41. The van der Waals surface area contributed by atoms with Gasteiger partial charge in [-0.1, -0.05) is 60.2 Å². The lowest BCUT2D eigenvalue weighted by Crippen LogP contribution is -2.20. The van der Waals surface area contributed by atoms with Crippen molar-refractivity contribution in [2.45, 2.75) is 13.1 Å². The van der Waals surface area contributed by atoms with Gasteiger partial charge in [0.25, 0.3) is 0 Å². The highest BCUT2D eigenvalue weighted by Gasteiger charge is 2.07. The quantitative estimate of drug-likeness (QED) is 0.856. The van der Waals surface area contributed by atoms with Gasteiger partial charge in [-0.2, -0.15) is 0 Å². The number of hydrogen-bond acceptors (Lipinski definition) is 2. The number of rotatable bonds is 5. The second kappa shape index (κ2) is 6.84. The van der Waals surface area contributed by atoms with Crippen molar-refractivity contribution in [3.05, 3.63) is 70.2 Å². The van der Waals surface area contributed by atoms with Crippen molar-refractivity contribution in [1.82, 2.24) is 4.90 Å². The first-order chi connectivity index (χ1) is 9.56. The third-order valence-corrected chi connectivity index (χ3v) is 3.56. The van der Waals surface area contributed by atoms with Gasteiger partial charge < -0.3 is 5.73 Å². The van der Waals surface area contributed by atoms with Crippen molar-refractivity contribution in [3.63, 3.8) is 0 Å². The Balaban J connectivity index is 2.06. The SMILES string of the molecule is CN(Cc1ccc(Cl)cc1)Cc1ccccc1C(N)=S. The van der Waals surface area contributed by atoms with Crippen LogP contribution in [0.1, 0.15) is 16.7 Å². The molecule has 2 rings (SSSR count). The largest absolute Gasteiger partial charge is 0.389 e. The van der Waals surface area contributed by atoms with Crippen LogP contribution in [-0.4, -0.2) is 16.9 Å². The molecular weight excluding hydrogens is 288 g/mol. The van der Waals surface area contributed by atoms with E-state index in [0.29, 0.717) is 4.99 Å². The molecule has 0 spiro atoms. The van der Waals surface area contributed by atoms with Crippen molar-refractivity contribution in [2.75, 3.05) is 7.05 Å². The lowest BCUT2D eigenvalue weighted by atomic mass is 10.1. The summed E-state index contributed by atoms with van der Waals surface area (Å²) in [4.78, 5) is 2.67. The minimum atomic E-state index is 0.445. The first-order valence-electron chi connectivity index (χ1n) is 6.37. The van der Waals surface area contributed by atoms with Gasteiger partial charge in [-0.3, -0.25) is 4.90 Å². The first kappa shape index (κ1) is 15.0. The fourth-order valence-corrected chi connectivity index (χ4v) is 2.47. The van der Waals surface area contributed by atoms with Crippen LogP contribution in [0.3, 0.4) is 0 Å². The lowest BCUT2D eigenvalue weighted by molar-refractivity contribution is 0.319. The van der Waals surface area contributed by atoms with Gasteiger partial charge in [-0.05, 0) is 30.3 Å². The van der Waals surface area contributed by atoms with E-state index in [1.807, 2.05) is 42.5 Å². The van der Waals surface area contributed by atoms with Gasteiger partial charge in [-0.25, -0.2) is 0 Å². The zero-order valence-corrected chi connectivity index (χ0v) is 12.9. The number of thiocarbonyl (C=S) groups is 1. The molecule has 0 atom stereocenters. The van der Waals surface area contributed by atoms with Gasteiger partial charge in [0.05, 0.1) is 0 Å². The molecule has 0 aliphatic heterocycles. The van der Waals surface area contributed by atoms with Gasteiger partial charge in [0.15, 0.2) is 0 Å². The van der Waals surface area contributed by atoms with E-state index in [-0.39, 0.29) is 0 Å². The van der Waals surface area contributed by atoms with E-state index in [1.54, 1.807) is 0 Å². The summed E-state index contributed by atoms with van der Waals surface area (Å²) in [5.74, 6) is 0. The summed E-state index contributed by atoms with van der Waals surface area (Å²) in [5.41, 5.74) is 9.08. The van der Waals surface area contributed by atoms with E-state index in [9.17, 15) is 0 Å². The van der Waals surface area contributed by atoms with Crippen LogP contribution in [-0.2, 0) is 13.1 Å².